The van der Waals surface area contributed by atoms with E-state index in [0.29, 0.717) is 29.6 Å². The Kier molecular flexibility index (Phi) is 7.52. The van der Waals surface area contributed by atoms with E-state index in [1.807, 2.05) is 78.6 Å². The molecule has 0 saturated carbocycles. The van der Waals surface area contributed by atoms with Gasteiger partial charge in [0.2, 0.25) is 0 Å². The minimum Gasteiger partial charge on any atom is -0.451 e. The Bertz CT molecular complexity index is 1440. The van der Waals surface area contributed by atoms with E-state index in [2.05, 4.69) is 17.1 Å². The van der Waals surface area contributed by atoms with Crippen LogP contribution in [0.15, 0.2) is 83.3 Å². The summed E-state index contributed by atoms with van der Waals surface area (Å²) in [7, 11) is 0. The standard InChI is InChI=1S/C31H30ClN3O3/c1-3-22-5-8-23(9-6-22)31(37)35-18-16-34(17-19-35)26-12-10-25(11-13-26)33-30(36)29-15-14-28(38-29)24-7-4-21(2)27(32)20-24/h4-15,20H,3,16-19H2,1-2H3,(H,33,36). The van der Waals surface area contributed by atoms with Crippen molar-refractivity contribution in [3.05, 3.63) is 106 Å². The van der Waals surface area contributed by atoms with Gasteiger partial charge in [0.15, 0.2) is 5.76 Å². The molecule has 1 N–H and O–H groups in total. The molecule has 5 rings (SSSR count). The van der Waals surface area contributed by atoms with E-state index >= 15 is 0 Å². The first-order valence-electron chi connectivity index (χ1n) is 12.8. The van der Waals surface area contributed by atoms with Crippen LogP contribution in [0.25, 0.3) is 11.3 Å². The average Bonchev–Trinajstić information content (AvgIpc) is 3.45. The molecule has 6 nitrogen and oxygen atoms in total. The molecule has 7 heteroatoms. The number of benzene rings is 3. The number of hydrogen-bond donors (Lipinski definition) is 1. The zero-order valence-corrected chi connectivity index (χ0v) is 22.3. The van der Waals surface area contributed by atoms with Crippen molar-refractivity contribution in [1.29, 1.82) is 0 Å². The van der Waals surface area contributed by atoms with E-state index in [-0.39, 0.29) is 17.6 Å². The third-order valence-corrected chi connectivity index (χ3v) is 7.36. The summed E-state index contributed by atoms with van der Waals surface area (Å²) in [5.74, 6) is 0.576. The van der Waals surface area contributed by atoms with Crippen molar-refractivity contribution < 1.29 is 14.0 Å². The molecule has 2 heterocycles. The van der Waals surface area contributed by atoms with E-state index in [9.17, 15) is 9.59 Å². The molecule has 1 aliphatic rings. The van der Waals surface area contributed by atoms with Crippen molar-refractivity contribution >= 4 is 34.8 Å². The molecular formula is C31H30ClN3O3. The van der Waals surface area contributed by atoms with Gasteiger partial charge in [-0.1, -0.05) is 42.8 Å². The van der Waals surface area contributed by atoms with E-state index in [1.54, 1.807) is 12.1 Å². The Morgan fingerprint density at radius 3 is 2.26 bits per heavy atom. The molecule has 0 aliphatic carbocycles. The van der Waals surface area contributed by atoms with Gasteiger partial charge in [-0.15, -0.1) is 0 Å². The quantitative estimate of drug-likeness (QED) is 0.303. The second-order valence-electron chi connectivity index (χ2n) is 9.46. The molecule has 1 fully saturated rings. The lowest BCUT2D eigenvalue weighted by Gasteiger charge is -2.36. The summed E-state index contributed by atoms with van der Waals surface area (Å²) in [6, 6.07) is 24.7. The third-order valence-electron chi connectivity index (χ3n) is 6.95. The number of anilines is 2. The minimum absolute atomic E-state index is 0.0805. The number of halogens is 1. The van der Waals surface area contributed by atoms with Crippen LogP contribution in [0.5, 0.6) is 0 Å². The fourth-order valence-corrected chi connectivity index (χ4v) is 4.72. The van der Waals surface area contributed by atoms with Crippen LogP contribution in [-0.2, 0) is 6.42 Å². The van der Waals surface area contributed by atoms with Crippen molar-refractivity contribution in [2.24, 2.45) is 0 Å². The highest BCUT2D eigenvalue weighted by atomic mass is 35.5. The smallest absolute Gasteiger partial charge is 0.291 e. The zero-order chi connectivity index (χ0) is 26.6. The summed E-state index contributed by atoms with van der Waals surface area (Å²) in [5, 5.41) is 3.54. The lowest BCUT2D eigenvalue weighted by Crippen LogP contribution is -2.48. The number of carbonyl (C=O) groups is 2. The van der Waals surface area contributed by atoms with Crippen molar-refractivity contribution in [2.45, 2.75) is 20.3 Å². The van der Waals surface area contributed by atoms with E-state index in [0.717, 1.165) is 41.9 Å². The van der Waals surface area contributed by atoms with Gasteiger partial charge >= 0.3 is 0 Å². The predicted octanol–water partition coefficient (Wildman–Crippen LogP) is 6.69. The summed E-state index contributed by atoms with van der Waals surface area (Å²) >= 11 is 6.22. The molecule has 0 radical (unpaired) electrons. The molecule has 0 unspecified atom stereocenters. The average molecular weight is 528 g/mol. The molecule has 2 amide bonds. The molecular weight excluding hydrogens is 498 g/mol. The Balaban J connectivity index is 1.16. The van der Waals surface area contributed by atoms with Gasteiger partial charge in [0, 0.05) is 53.7 Å². The highest BCUT2D eigenvalue weighted by molar-refractivity contribution is 6.31. The SMILES string of the molecule is CCc1ccc(C(=O)N2CCN(c3ccc(NC(=O)c4ccc(-c5ccc(C)c(Cl)c5)o4)cc3)CC2)cc1. The predicted molar refractivity (Wildman–Crippen MR) is 152 cm³/mol. The highest BCUT2D eigenvalue weighted by Gasteiger charge is 2.22. The molecule has 0 spiro atoms. The van der Waals surface area contributed by atoms with Gasteiger partial charge in [0.05, 0.1) is 0 Å². The number of piperazine rings is 1. The van der Waals surface area contributed by atoms with Crippen molar-refractivity contribution in [1.82, 2.24) is 4.90 Å². The van der Waals surface area contributed by atoms with Gasteiger partial charge in [-0.3, -0.25) is 9.59 Å². The molecule has 0 atom stereocenters. The number of amides is 2. The van der Waals surface area contributed by atoms with E-state index in [1.165, 1.54) is 5.56 Å². The zero-order valence-electron chi connectivity index (χ0n) is 21.5. The first kappa shape index (κ1) is 25.6. The fraction of sp³-hybridized carbons (Fsp3) is 0.226. The first-order valence-corrected chi connectivity index (χ1v) is 13.2. The monoisotopic (exact) mass is 527 g/mol. The Morgan fingerprint density at radius 2 is 1.61 bits per heavy atom. The van der Waals surface area contributed by atoms with Gasteiger partial charge in [-0.25, -0.2) is 0 Å². The lowest BCUT2D eigenvalue weighted by molar-refractivity contribution is 0.0746. The van der Waals surface area contributed by atoms with Crippen LogP contribution in [0.2, 0.25) is 5.02 Å². The van der Waals surface area contributed by atoms with Crippen molar-refractivity contribution in [3.8, 4) is 11.3 Å². The molecule has 38 heavy (non-hydrogen) atoms. The van der Waals surface area contributed by atoms with Crippen LogP contribution in [0, 0.1) is 6.92 Å². The fourth-order valence-electron chi connectivity index (χ4n) is 4.54. The molecule has 3 aromatic carbocycles. The Morgan fingerprint density at radius 1 is 0.895 bits per heavy atom. The maximum Gasteiger partial charge on any atom is 0.291 e. The number of furan rings is 1. The Labute approximate surface area is 227 Å². The van der Waals surface area contributed by atoms with Gasteiger partial charge < -0.3 is 19.5 Å². The Hall–Kier alpha value is -4.03. The molecule has 1 aromatic heterocycles. The van der Waals surface area contributed by atoms with Crippen molar-refractivity contribution in [2.75, 3.05) is 36.4 Å². The first-order chi connectivity index (χ1) is 18.4. The summed E-state index contributed by atoms with van der Waals surface area (Å²) in [6.07, 6.45) is 0.961. The normalized spacial score (nSPS) is 13.4. The second-order valence-corrected chi connectivity index (χ2v) is 9.87. The topological polar surface area (TPSA) is 65.8 Å². The van der Waals surface area contributed by atoms with Crippen molar-refractivity contribution in [3.63, 3.8) is 0 Å². The van der Waals surface area contributed by atoms with Crippen LogP contribution in [0.4, 0.5) is 11.4 Å². The maximum atomic E-state index is 12.9. The molecule has 194 valence electrons. The number of hydrogen-bond acceptors (Lipinski definition) is 4. The number of aryl methyl sites for hydroxylation is 2. The summed E-state index contributed by atoms with van der Waals surface area (Å²) in [4.78, 5) is 29.8. The van der Waals surface area contributed by atoms with Crippen LogP contribution >= 0.6 is 11.6 Å². The molecule has 1 saturated heterocycles. The number of nitrogens with zero attached hydrogens (tertiary/aromatic N) is 2. The third kappa shape index (κ3) is 5.60. The maximum absolute atomic E-state index is 12.9. The summed E-state index contributed by atoms with van der Waals surface area (Å²) in [5.41, 5.74) is 5.50. The second kappa shape index (κ2) is 11.2. The molecule has 4 aromatic rings. The largest absolute Gasteiger partial charge is 0.451 e. The van der Waals surface area contributed by atoms with Gasteiger partial charge in [-0.2, -0.15) is 0 Å². The molecule has 1 aliphatic heterocycles. The van der Waals surface area contributed by atoms with Gasteiger partial charge in [-0.05, 0) is 79.1 Å². The van der Waals surface area contributed by atoms with E-state index in [4.69, 9.17) is 16.0 Å². The minimum atomic E-state index is -0.318. The van der Waals surface area contributed by atoms with Gasteiger partial charge in [0.25, 0.3) is 11.8 Å². The van der Waals surface area contributed by atoms with Crippen LogP contribution in [-0.4, -0.2) is 42.9 Å². The number of carbonyl (C=O) groups excluding carboxylic acids is 2. The number of rotatable bonds is 6. The van der Waals surface area contributed by atoms with Gasteiger partial charge in [0.1, 0.15) is 5.76 Å². The summed E-state index contributed by atoms with van der Waals surface area (Å²) < 4.78 is 5.78. The van der Waals surface area contributed by atoms with Crippen LogP contribution < -0.4 is 10.2 Å². The summed E-state index contributed by atoms with van der Waals surface area (Å²) in [6.45, 7) is 6.88. The van der Waals surface area contributed by atoms with E-state index < -0.39 is 0 Å². The lowest BCUT2D eigenvalue weighted by atomic mass is 10.1. The molecule has 0 bridgehead atoms. The number of nitrogens with one attached hydrogen (secondary N) is 1. The highest BCUT2D eigenvalue weighted by Crippen LogP contribution is 2.27. The van der Waals surface area contributed by atoms with Crippen LogP contribution in [0.3, 0.4) is 0 Å². The van der Waals surface area contributed by atoms with Crippen LogP contribution in [0.1, 0.15) is 39.0 Å².